The molecule has 2 rings (SSSR count). The molecule has 1 heterocycles. The number of carbonyl (C=O) groups excluding carboxylic acids is 1. The lowest BCUT2D eigenvalue weighted by atomic mass is 10.0. The fourth-order valence-corrected chi connectivity index (χ4v) is 2.14. The van der Waals surface area contributed by atoms with Crippen LogP contribution in [0.2, 0.25) is 0 Å². The molecule has 1 aliphatic heterocycles. The number of hydrogen-bond acceptors (Lipinski definition) is 3. The smallest absolute Gasteiger partial charge is 0.250 e. The van der Waals surface area contributed by atoms with Crippen molar-refractivity contribution < 1.29 is 9.53 Å². The Morgan fingerprint density at radius 2 is 2.22 bits per heavy atom. The molecule has 2 N–H and O–H groups in total. The molecule has 0 radical (unpaired) electrons. The molecule has 4 nitrogen and oxygen atoms in total. The quantitative estimate of drug-likeness (QED) is 0.854. The van der Waals surface area contributed by atoms with E-state index in [1.165, 1.54) is 0 Å². The molecule has 18 heavy (non-hydrogen) atoms. The van der Waals surface area contributed by atoms with Crippen LogP contribution in [-0.4, -0.2) is 31.2 Å². The molecule has 0 saturated carbocycles. The molecular formula is C14H20N2O2. The Balaban J connectivity index is 1.74. The summed E-state index contributed by atoms with van der Waals surface area (Å²) < 4.78 is 5.65. The van der Waals surface area contributed by atoms with E-state index >= 15 is 0 Å². The Bertz CT molecular complexity index is 381. The zero-order valence-electron chi connectivity index (χ0n) is 10.7. The molecule has 1 fully saturated rings. The van der Waals surface area contributed by atoms with E-state index in [1.54, 1.807) is 0 Å². The molecule has 1 aromatic rings. The Labute approximate surface area is 108 Å². The van der Waals surface area contributed by atoms with E-state index in [-0.39, 0.29) is 18.6 Å². The first-order valence-corrected chi connectivity index (χ1v) is 6.45. The number of amides is 1. The number of rotatable bonds is 4. The number of hydrogen-bond donors (Lipinski definition) is 2. The van der Waals surface area contributed by atoms with Gasteiger partial charge in [0.2, 0.25) is 5.91 Å². The Hall–Kier alpha value is -1.39. The number of anilines is 1. The molecule has 98 valence electrons. The summed E-state index contributed by atoms with van der Waals surface area (Å²) in [5.74, 6) is -0.0982. The van der Waals surface area contributed by atoms with Gasteiger partial charge in [-0.3, -0.25) is 4.79 Å². The SMILES string of the molecule is CC1NCCCC1OCC(=O)Nc1ccccc1. The van der Waals surface area contributed by atoms with Crippen molar-refractivity contribution in [3.8, 4) is 0 Å². The molecule has 2 unspecified atom stereocenters. The Morgan fingerprint density at radius 1 is 1.44 bits per heavy atom. The van der Waals surface area contributed by atoms with Crippen LogP contribution in [0.4, 0.5) is 5.69 Å². The maximum Gasteiger partial charge on any atom is 0.250 e. The molecular weight excluding hydrogens is 228 g/mol. The average Bonchev–Trinajstić information content (AvgIpc) is 2.39. The van der Waals surface area contributed by atoms with Crippen LogP contribution >= 0.6 is 0 Å². The molecule has 0 spiro atoms. The summed E-state index contributed by atoms with van der Waals surface area (Å²) in [7, 11) is 0. The molecule has 0 bridgehead atoms. The van der Waals surface area contributed by atoms with Crippen molar-refractivity contribution in [2.45, 2.75) is 31.9 Å². The van der Waals surface area contributed by atoms with Gasteiger partial charge in [-0.15, -0.1) is 0 Å². The molecule has 0 aromatic heterocycles. The van der Waals surface area contributed by atoms with Gasteiger partial charge in [0.1, 0.15) is 6.61 Å². The van der Waals surface area contributed by atoms with Gasteiger partial charge in [0, 0.05) is 11.7 Å². The lowest BCUT2D eigenvalue weighted by Gasteiger charge is -2.29. The second-order valence-electron chi connectivity index (χ2n) is 4.65. The third-order valence-corrected chi connectivity index (χ3v) is 3.18. The molecule has 4 heteroatoms. The van der Waals surface area contributed by atoms with Crippen LogP contribution in [0.25, 0.3) is 0 Å². The number of piperidine rings is 1. The van der Waals surface area contributed by atoms with Crippen molar-refractivity contribution in [3.05, 3.63) is 30.3 Å². The Morgan fingerprint density at radius 3 is 2.94 bits per heavy atom. The van der Waals surface area contributed by atoms with Gasteiger partial charge in [-0.05, 0) is 38.4 Å². The van der Waals surface area contributed by atoms with Gasteiger partial charge in [-0.1, -0.05) is 18.2 Å². The van der Waals surface area contributed by atoms with E-state index in [9.17, 15) is 4.79 Å². The minimum absolute atomic E-state index is 0.0982. The number of carbonyl (C=O) groups is 1. The van der Waals surface area contributed by atoms with E-state index in [0.29, 0.717) is 6.04 Å². The van der Waals surface area contributed by atoms with Crippen LogP contribution in [0.3, 0.4) is 0 Å². The fourth-order valence-electron chi connectivity index (χ4n) is 2.14. The number of benzene rings is 1. The molecule has 0 aliphatic carbocycles. The van der Waals surface area contributed by atoms with Crippen molar-refractivity contribution >= 4 is 11.6 Å². The van der Waals surface area contributed by atoms with Gasteiger partial charge >= 0.3 is 0 Å². The molecule has 1 aliphatic rings. The predicted molar refractivity (Wildman–Crippen MR) is 71.5 cm³/mol. The summed E-state index contributed by atoms with van der Waals surface area (Å²) in [6.07, 6.45) is 2.27. The first-order chi connectivity index (χ1) is 8.75. The summed E-state index contributed by atoms with van der Waals surface area (Å²) in [5.41, 5.74) is 0.806. The van der Waals surface area contributed by atoms with Crippen molar-refractivity contribution in [2.24, 2.45) is 0 Å². The maximum atomic E-state index is 11.7. The summed E-state index contributed by atoms with van der Waals surface area (Å²) in [6, 6.07) is 9.75. The summed E-state index contributed by atoms with van der Waals surface area (Å²) in [5, 5.41) is 6.16. The Kier molecular flexibility index (Phi) is 4.73. The minimum atomic E-state index is -0.0982. The average molecular weight is 248 g/mol. The van der Waals surface area contributed by atoms with Gasteiger partial charge in [0.15, 0.2) is 0 Å². The van der Waals surface area contributed by atoms with Gasteiger partial charge in [0.05, 0.1) is 6.10 Å². The largest absolute Gasteiger partial charge is 0.367 e. The van der Waals surface area contributed by atoms with E-state index in [2.05, 4.69) is 17.6 Å². The standard InChI is InChI=1S/C14H20N2O2/c1-11-13(8-5-9-15-11)18-10-14(17)16-12-6-3-2-4-7-12/h2-4,6-7,11,13,15H,5,8-10H2,1H3,(H,16,17). The van der Waals surface area contributed by atoms with Crippen molar-refractivity contribution in [3.63, 3.8) is 0 Å². The van der Waals surface area contributed by atoms with E-state index in [1.807, 2.05) is 30.3 Å². The normalized spacial score (nSPS) is 23.6. The van der Waals surface area contributed by atoms with Crippen LogP contribution in [0.15, 0.2) is 30.3 Å². The number of nitrogens with one attached hydrogen (secondary N) is 2. The van der Waals surface area contributed by atoms with Crippen LogP contribution in [0.5, 0.6) is 0 Å². The summed E-state index contributed by atoms with van der Waals surface area (Å²) in [6.45, 7) is 3.25. The van der Waals surface area contributed by atoms with Crippen LogP contribution in [0.1, 0.15) is 19.8 Å². The molecule has 1 aromatic carbocycles. The fraction of sp³-hybridized carbons (Fsp3) is 0.500. The highest BCUT2D eigenvalue weighted by Gasteiger charge is 2.21. The zero-order valence-corrected chi connectivity index (χ0v) is 10.7. The molecule has 1 amide bonds. The van der Waals surface area contributed by atoms with Crippen molar-refractivity contribution in [2.75, 3.05) is 18.5 Å². The highest BCUT2D eigenvalue weighted by molar-refractivity contribution is 5.91. The van der Waals surface area contributed by atoms with E-state index in [4.69, 9.17) is 4.74 Å². The molecule has 1 saturated heterocycles. The number of para-hydroxylation sites is 1. The van der Waals surface area contributed by atoms with Crippen molar-refractivity contribution in [1.82, 2.24) is 5.32 Å². The maximum absolute atomic E-state index is 11.7. The minimum Gasteiger partial charge on any atom is -0.367 e. The van der Waals surface area contributed by atoms with Gasteiger partial charge in [-0.2, -0.15) is 0 Å². The van der Waals surface area contributed by atoms with Gasteiger partial charge in [-0.25, -0.2) is 0 Å². The summed E-state index contributed by atoms with van der Waals surface area (Å²) >= 11 is 0. The second-order valence-corrected chi connectivity index (χ2v) is 4.65. The topological polar surface area (TPSA) is 50.4 Å². The van der Waals surface area contributed by atoms with Crippen molar-refractivity contribution in [1.29, 1.82) is 0 Å². The van der Waals surface area contributed by atoms with Gasteiger partial charge in [0.25, 0.3) is 0 Å². The number of ether oxygens (including phenoxy) is 1. The highest BCUT2D eigenvalue weighted by atomic mass is 16.5. The first kappa shape index (κ1) is 13.1. The lowest BCUT2D eigenvalue weighted by molar-refractivity contribution is -0.123. The highest BCUT2D eigenvalue weighted by Crippen LogP contribution is 2.12. The third-order valence-electron chi connectivity index (χ3n) is 3.18. The van der Waals surface area contributed by atoms with Crippen LogP contribution < -0.4 is 10.6 Å². The van der Waals surface area contributed by atoms with Gasteiger partial charge < -0.3 is 15.4 Å². The van der Waals surface area contributed by atoms with E-state index < -0.39 is 0 Å². The van der Waals surface area contributed by atoms with Crippen LogP contribution in [-0.2, 0) is 9.53 Å². The zero-order chi connectivity index (χ0) is 12.8. The first-order valence-electron chi connectivity index (χ1n) is 6.45. The molecule has 2 atom stereocenters. The van der Waals surface area contributed by atoms with E-state index in [0.717, 1.165) is 25.1 Å². The monoisotopic (exact) mass is 248 g/mol. The predicted octanol–water partition coefficient (Wildman–Crippen LogP) is 1.78. The lowest BCUT2D eigenvalue weighted by Crippen LogP contribution is -2.44. The van der Waals surface area contributed by atoms with Crippen LogP contribution in [0, 0.1) is 0 Å². The second kappa shape index (κ2) is 6.52. The third kappa shape index (κ3) is 3.82. The summed E-state index contributed by atoms with van der Waals surface area (Å²) in [4.78, 5) is 11.7.